The summed E-state index contributed by atoms with van der Waals surface area (Å²) in [6.07, 6.45) is 0. The molecule has 0 spiro atoms. The number of hydrogen-bond donors (Lipinski definition) is 1. The van der Waals surface area contributed by atoms with Crippen LogP contribution in [0.25, 0.3) is 5.76 Å². The van der Waals surface area contributed by atoms with Gasteiger partial charge in [0.2, 0.25) is 0 Å². The number of Topliss-reactive ketones (excluding diaryl/α,β-unsaturated/α-hetero) is 1. The van der Waals surface area contributed by atoms with Crippen molar-refractivity contribution in [3.8, 4) is 0 Å². The number of benzene rings is 3. The number of carbonyl (C=O) groups excluding carboxylic acids is 2. The van der Waals surface area contributed by atoms with Crippen molar-refractivity contribution in [2.24, 2.45) is 0 Å². The maximum absolute atomic E-state index is 13.1. The Morgan fingerprint density at radius 3 is 2.13 bits per heavy atom. The molecule has 1 saturated heterocycles. The standard InChI is InChI=1S/C24H17Cl2NO3/c1-14-7-5-6-10-19(14)21-20(22(28)15-8-3-2-4-9-15)23(29)24(30)27(21)18-12-16(25)11-17(26)13-18/h2-13,21,28H,1H3/b22-20+. The Kier molecular flexibility index (Phi) is 5.37. The van der Waals surface area contributed by atoms with E-state index in [-0.39, 0.29) is 11.3 Å². The van der Waals surface area contributed by atoms with E-state index in [2.05, 4.69) is 0 Å². The molecule has 3 aromatic carbocycles. The molecular formula is C24H17Cl2NO3. The van der Waals surface area contributed by atoms with E-state index >= 15 is 0 Å². The number of ketones is 1. The molecule has 1 atom stereocenters. The number of hydrogen-bond acceptors (Lipinski definition) is 3. The second-order valence-electron chi connectivity index (χ2n) is 7.02. The van der Waals surface area contributed by atoms with Gasteiger partial charge in [0.15, 0.2) is 0 Å². The molecule has 0 saturated carbocycles. The lowest BCUT2D eigenvalue weighted by molar-refractivity contribution is -0.132. The number of halogens is 2. The van der Waals surface area contributed by atoms with E-state index in [9.17, 15) is 14.7 Å². The van der Waals surface area contributed by atoms with Crippen LogP contribution in [0.2, 0.25) is 10.0 Å². The Morgan fingerprint density at radius 2 is 1.50 bits per heavy atom. The molecule has 150 valence electrons. The highest BCUT2D eigenvalue weighted by Gasteiger charge is 2.47. The van der Waals surface area contributed by atoms with Gasteiger partial charge in [-0.1, -0.05) is 77.8 Å². The molecule has 1 heterocycles. The van der Waals surface area contributed by atoms with E-state index in [1.807, 2.05) is 37.3 Å². The zero-order valence-electron chi connectivity index (χ0n) is 16.0. The van der Waals surface area contributed by atoms with Crippen molar-refractivity contribution in [3.05, 3.63) is 105 Å². The topological polar surface area (TPSA) is 57.6 Å². The summed E-state index contributed by atoms with van der Waals surface area (Å²) in [6.45, 7) is 1.89. The van der Waals surface area contributed by atoms with Crippen LogP contribution < -0.4 is 4.90 Å². The number of aryl methyl sites for hydroxylation is 1. The minimum absolute atomic E-state index is 0.0246. The maximum Gasteiger partial charge on any atom is 0.300 e. The van der Waals surface area contributed by atoms with Crippen molar-refractivity contribution in [2.45, 2.75) is 13.0 Å². The van der Waals surface area contributed by atoms with E-state index in [0.29, 0.717) is 21.3 Å². The first kappa shape index (κ1) is 20.2. The molecule has 0 radical (unpaired) electrons. The van der Waals surface area contributed by atoms with Crippen LogP contribution in [-0.2, 0) is 9.59 Å². The van der Waals surface area contributed by atoms with Crippen LogP contribution in [0.3, 0.4) is 0 Å². The molecular weight excluding hydrogens is 421 g/mol. The van der Waals surface area contributed by atoms with Gasteiger partial charge in [-0.25, -0.2) is 0 Å². The van der Waals surface area contributed by atoms with Crippen molar-refractivity contribution in [1.82, 2.24) is 0 Å². The first-order valence-electron chi connectivity index (χ1n) is 9.26. The number of nitrogens with zero attached hydrogens (tertiary/aromatic N) is 1. The first-order chi connectivity index (χ1) is 14.4. The molecule has 3 aromatic rings. The number of aliphatic hydroxyl groups is 1. The van der Waals surface area contributed by atoms with E-state index in [0.717, 1.165) is 11.1 Å². The zero-order chi connectivity index (χ0) is 21.4. The van der Waals surface area contributed by atoms with Crippen molar-refractivity contribution in [2.75, 3.05) is 4.90 Å². The van der Waals surface area contributed by atoms with Crippen LogP contribution in [0.5, 0.6) is 0 Å². The predicted molar refractivity (Wildman–Crippen MR) is 119 cm³/mol. The molecule has 1 aliphatic rings. The summed E-state index contributed by atoms with van der Waals surface area (Å²) in [5.41, 5.74) is 2.47. The molecule has 0 bridgehead atoms. The molecule has 0 aromatic heterocycles. The van der Waals surface area contributed by atoms with Crippen molar-refractivity contribution in [1.29, 1.82) is 0 Å². The van der Waals surface area contributed by atoms with E-state index in [1.165, 1.54) is 4.90 Å². The summed E-state index contributed by atoms with van der Waals surface area (Å²) in [5, 5.41) is 11.7. The predicted octanol–water partition coefficient (Wildman–Crippen LogP) is 5.93. The molecule has 4 nitrogen and oxygen atoms in total. The Labute approximate surface area is 184 Å². The quantitative estimate of drug-likeness (QED) is 0.313. The van der Waals surface area contributed by atoms with Crippen LogP contribution in [0.1, 0.15) is 22.7 Å². The van der Waals surface area contributed by atoms with Gasteiger partial charge in [-0.2, -0.15) is 0 Å². The van der Waals surface area contributed by atoms with Gasteiger partial charge in [-0.3, -0.25) is 14.5 Å². The third-order valence-corrected chi connectivity index (χ3v) is 5.54. The molecule has 1 fully saturated rings. The molecule has 1 N–H and O–H groups in total. The summed E-state index contributed by atoms with van der Waals surface area (Å²) in [5.74, 6) is -1.74. The smallest absolute Gasteiger partial charge is 0.300 e. The van der Waals surface area contributed by atoms with E-state index in [1.54, 1.807) is 42.5 Å². The highest BCUT2D eigenvalue weighted by atomic mass is 35.5. The van der Waals surface area contributed by atoms with E-state index < -0.39 is 17.7 Å². The lowest BCUT2D eigenvalue weighted by atomic mass is 9.92. The fraction of sp³-hybridized carbons (Fsp3) is 0.0833. The van der Waals surface area contributed by atoms with Crippen molar-refractivity contribution in [3.63, 3.8) is 0 Å². The summed E-state index contributed by atoms with van der Waals surface area (Å²) in [6, 6.07) is 20.0. The molecule has 4 rings (SSSR count). The van der Waals surface area contributed by atoms with Gasteiger partial charge in [-0.15, -0.1) is 0 Å². The van der Waals surface area contributed by atoms with Crippen LogP contribution in [0.4, 0.5) is 5.69 Å². The van der Waals surface area contributed by atoms with Gasteiger partial charge in [0.1, 0.15) is 5.76 Å². The maximum atomic E-state index is 13.1. The molecule has 0 aliphatic carbocycles. The Morgan fingerprint density at radius 1 is 0.900 bits per heavy atom. The third kappa shape index (κ3) is 3.49. The van der Waals surface area contributed by atoms with Crippen molar-refractivity contribution < 1.29 is 14.7 Å². The number of anilines is 1. The molecule has 30 heavy (non-hydrogen) atoms. The van der Waals surface area contributed by atoms with Crippen LogP contribution >= 0.6 is 23.2 Å². The van der Waals surface area contributed by atoms with Gasteiger partial charge >= 0.3 is 0 Å². The van der Waals surface area contributed by atoms with Crippen LogP contribution in [0, 0.1) is 6.92 Å². The molecule has 1 aliphatic heterocycles. The summed E-state index contributed by atoms with van der Waals surface area (Å²) in [4.78, 5) is 27.6. The molecule has 1 amide bonds. The third-order valence-electron chi connectivity index (χ3n) is 5.10. The number of carbonyl (C=O) groups is 2. The second kappa shape index (κ2) is 7.98. The summed E-state index contributed by atoms with van der Waals surface area (Å²) in [7, 11) is 0. The fourth-order valence-electron chi connectivity index (χ4n) is 3.72. The normalized spacial score (nSPS) is 18.1. The van der Waals surface area contributed by atoms with Gasteiger partial charge in [0.05, 0.1) is 11.6 Å². The number of aliphatic hydroxyl groups excluding tert-OH is 1. The Balaban J connectivity index is 2.00. The van der Waals surface area contributed by atoms with Crippen molar-refractivity contribution >= 4 is 46.3 Å². The Hall–Kier alpha value is -3.08. The van der Waals surface area contributed by atoms with Gasteiger partial charge < -0.3 is 5.11 Å². The zero-order valence-corrected chi connectivity index (χ0v) is 17.5. The lowest BCUT2D eigenvalue weighted by Crippen LogP contribution is -2.29. The van der Waals surface area contributed by atoms with Gasteiger partial charge in [0.25, 0.3) is 11.7 Å². The number of amides is 1. The average Bonchev–Trinajstić information content (AvgIpc) is 2.98. The lowest BCUT2D eigenvalue weighted by Gasteiger charge is -2.27. The van der Waals surface area contributed by atoms with Gasteiger partial charge in [-0.05, 0) is 36.2 Å². The SMILES string of the molecule is Cc1ccccc1C1/C(=C(\O)c2ccccc2)C(=O)C(=O)N1c1cc(Cl)cc(Cl)c1. The molecule has 1 unspecified atom stereocenters. The minimum Gasteiger partial charge on any atom is -0.507 e. The van der Waals surface area contributed by atoms with Gasteiger partial charge in [0, 0.05) is 21.3 Å². The largest absolute Gasteiger partial charge is 0.507 e. The molecule has 6 heteroatoms. The monoisotopic (exact) mass is 437 g/mol. The average molecular weight is 438 g/mol. The highest BCUT2D eigenvalue weighted by Crippen LogP contribution is 2.44. The second-order valence-corrected chi connectivity index (χ2v) is 7.89. The number of rotatable bonds is 3. The fourth-order valence-corrected chi connectivity index (χ4v) is 4.23. The van der Waals surface area contributed by atoms with E-state index in [4.69, 9.17) is 23.2 Å². The van der Waals surface area contributed by atoms with Crippen LogP contribution in [0.15, 0.2) is 78.4 Å². The minimum atomic E-state index is -0.819. The summed E-state index contributed by atoms with van der Waals surface area (Å²) >= 11 is 12.3. The summed E-state index contributed by atoms with van der Waals surface area (Å²) < 4.78 is 0. The Bertz CT molecular complexity index is 1170. The highest BCUT2D eigenvalue weighted by molar-refractivity contribution is 6.52. The van der Waals surface area contributed by atoms with Crippen LogP contribution in [-0.4, -0.2) is 16.8 Å². The first-order valence-corrected chi connectivity index (χ1v) is 10.0.